The van der Waals surface area contributed by atoms with Gasteiger partial charge >= 0.3 is 0 Å². The summed E-state index contributed by atoms with van der Waals surface area (Å²) in [4.78, 5) is 6.29. The molecule has 0 aromatic carbocycles. The lowest BCUT2D eigenvalue weighted by molar-refractivity contribution is 0.788. The lowest BCUT2D eigenvalue weighted by Crippen LogP contribution is -2.23. The lowest BCUT2D eigenvalue weighted by Gasteiger charge is -2.17. The zero-order valence-electron chi connectivity index (χ0n) is 7.45. The fourth-order valence-corrected chi connectivity index (χ4v) is 1.70. The molecule has 0 spiro atoms. The van der Waals surface area contributed by atoms with Crippen molar-refractivity contribution in [3.05, 3.63) is 0 Å². The molecule has 0 bridgehead atoms. The molecule has 0 aliphatic rings. The average Bonchev–Trinajstić information content (AvgIpc) is 2.47. The topological polar surface area (TPSA) is 55.0 Å². The maximum Gasteiger partial charge on any atom is 0.233 e. The lowest BCUT2D eigenvalue weighted by atomic mass is 10.4. The van der Waals surface area contributed by atoms with Gasteiger partial charge in [-0.3, -0.25) is 0 Å². The van der Waals surface area contributed by atoms with E-state index in [1.165, 1.54) is 11.5 Å². The van der Waals surface area contributed by atoms with Crippen LogP contribution in [0.1, 0.15) is 20.3 Å². The summed E-state index contributed by atoms with van der Waals surface area (Å²) in [5.41, 5.74) is 5.43. The third-order valence-electron chi connectivity index (χ3n) is 1.58. The summed E-state index contributed by atoms with van der Waals surface area (Å²) in [5.74, 6) is 0.379. The van der Waals surface area contributed by atoms with Crippen LogP contribution < -0.4 is 10.6 Å². The van der Waals surface area contributed by atoms with Gasteiger partial charge in [-0.1, -0.05) is 6.92 Å². The Hall–Kier alpha value is -0.840. The van der Waals surface area contributed by atoms with Crippen molar-refractivity contribution in [3.8, 4) is 0 Å². The minimum absolute atomic E-state index is 0.379. The molecule has 0 saturated carbocycles. The molecular formula is C7H14N4S. The van der Waals surface area contributed by atoms with Crippen molar-refractivity contribution in [1.29, 1.82) is 0 Å². The van der Waals surface area contributed by atoms with Gasteiger partial charge in [-0.25, -0.2) is 0 Å². The number of rotatable bonds is 4. The van der Waals surface area contributed by atoms with E-state index < -0.39 is 0 Å². The monoisotopic (exact) mass is 186 g/mol. The molecule has 1 aromatic heterocycles. The van der Waals surface area contributed by atoms with Crippen molar-refractivity contribution in [3.63, 3.8) is 0 Å². The molecule has 12 heavy (non-hydrogen) atoms. The van der Waals surface area contributed by atoms with Gasteiger partial charge in [-0.05, 0) is 13.3 Å². The molecule has 5 heteroatoms. The minimum atomic E-state index is 0.379. The molecule has 2 N–H and O–H groups in total. The molecule has 0 amide bonds. The molecule has 0 saturated heterocycles. The largest absolute Gasteiger partial charge is 0.367 e. The van der Waals surface area contributed by atoms with Gasteiger partial charge in [0.25, 0.3) is 0 Å². The van der Waals surface area contributed by atoms with Gasteiger partial charge in [-0.15, -0.1) is 0 Å². The number of nitrogens with zero attached hydrogens (tertiary/aromatic N) is 3. The van der Waals surface area contributed by atoms with E-state index in [-0.39, 0.29) is 0 Å². The maximum absolute atomic E-state index is 5.43. The first kappa shape index (κ1) is 9.25. The number of aromatic nitrogens is 2. The molecule has 1 rings (SSSR count). The van der Waals surface area contributed by atoms with Crippen molar-refractivity contribution >= 4 is 22.6 Å². The van der Waals surface area contributed by atoms with Crippen LogP contribution in [0.15, 0.2) is 0 Å². The second-order valence-electron chi connectivity index (χ2n) is 2.51. The van der Waals surface area contributed by atoms with Crippen molar-refractivity contribution in [1.82, 2.24) is 9.36 Å². The highest BCUT2D eigenvalue weighted by Gasteiger charge is 2.07. The van der Waals surface area contributed by atoms with Gasteiger partial charge in [0.15, 0.2) is 0 Å². The van der Waals surface area contributed by atoms with E-state index in [0.717, 1.165) is 24.6 Å². The van der Waals surface area contributed by atoms with Crippen molar-refractivity contribution in [2.75, 3.05) is 23.7 Å². The Kier molecular flexibility index (Phi) is 3.28. The fraction of sp³-hybridized carbons (Fsp3) is 0.714. The molecule has 0 atom stereocenters. The Bertz CT molecular complexity index is 235. The summed E-state index contributed by atoms with van der Waals surface area (Å²) in [7, 11) is 0. The van der Waals surface area contributed by atoms with E-state index >= 15 is 0 Å². The number of hydrogen-bond donors (Lipinski definition) is 1. The van der Waals surface area contributed by atoms with Crippen LogP contribution in [0.3, 0.4) is 0 Å². The molecule has 0 aliphatic carbocycles. The predicted octanol–water partition coefficient (Wildman–Crippen LogP) is 1.36. The molecule has 0 unspecified atom stereocenters. The van der Waals surface area contributed by atoms with Crippen LogP contribution in [0.2, 0.25) is 0 Å². The van der Waals surface area contributed by atoms with Crippen molar-refractivity contribution in [2.45, 2.75) is 20.3 Å². The van der Waals surface area contributed by atoms with Gasteiger partial charge in [0.2, 0.25) is 11.1 Å². The van der Waals surface area contributed by atoms with E-state index in [1.807, 2.05) is 0 Å². The smallest absolute Gasteiger partial charge is 0.233 e. The summed E-state index contributed by atoms with van der Waals surface area (Å²) in [5, 5.41) is 0.928. The summed E-state index contributed by atoms with van der Waals surface area (Å²) in [6.45, 7) is 6.23. The summed E-state index contributed by atoms with van der Waals surface area (Å²) in [6.07, 6.45) is 1.12. The van der Waals surface area contributed by atoms with Crippen LogP contribution in [0.4, 0.5) is 11.1 Å². The molecule has 0 radical (unpaired) electrons. The third-order valence-corrected chi connectivity index (χ3v) is 2.37. The van der Waals surface area contributed by atoms with Gasteiger partial charge < -0.3 is 10.6 Å². The Labute approximate surface area is 76.6 Å². The van der Waals surface area contributed by atoms with Crippen LogP contribution in [-0.2, 0) is 0 Å². The number of nitrogens with two attached hydrogens (primary N) is 1. The third kappa shape index (κ3) is 2.07. The maximum atomic E-state index is 5.43. The highest BCUT2D eigenvalue weighted by molar-refractivity contribution is 7.09. The highest BCUT2D eigenvalue weighted by Crippen LogP contribution is 2.17. The molecular weight excluding hydrogens is 172 g/mol. The first-order valence-corrected chi connectivity index (χ1v) is 4.89. The SMILES string of the molecule is CCCN(CC)c1nc(N)ns1. The van der Waals surface area contributed by atoms with E-state index in [2.05, 4.69) is 28.1 Å². The summed E-state index contributed by atoms with van der Waals surface area (Å²) >= 11 is 1.36. The Morgan fingerprint density at radius 3 is 2.67 bits per heavy atom. The molecule has 0 aliphatic heterocycles. The van der Waals surface area contributed by atoms with Crippen LogP contribution in [0, 0.1) is 0 Å². The predicted molar refractivity (Wildman–Crippen MR) is 52.5 cm³/mol. The molecule has 4 nitrogen and oxygen atoms in total. The normalized spacial score (nSPS) is 10.2. The van der Waals surface area contributed by atoms with E-state index in [0.29, 0.717) is 5.95 Å². The fourth-order valence-electron chi connectivity index (χ4n) is 1.01. The standard InChI is InChI=1S/C7H14N4S/c1-3-5-11(4-2)7-9-6(8)10-12-7/h3-5H2,1-2H3,(H2,8,10). The number of anilines is 2. The van der Waals surface area contributed by atoms with Crippen molar-refractivity contribution in [2.24, 2.45) is 0 Å². The van der Waals surface area contributed by atoms with Gasteiger partial charge in [0.05, 0.1) is 0 Å². The Morgan fingerprint density at radius 1 is 1.50 bits per heavy atom. The Morgan fingerprint density at radius 2 is 2.25 bits per heavy atom. The average molecular weight is 186 g/mol. The van der Waals surface area contributed by atoms with Crippen LogP contribution in [0.5, 0.6) is 0 Å². The summed E-state index contributed by atoms with van der Waals surface area (Å²) in [6, 6.07) is 0. The first-order valence-electron chi connectivity index (χ1n) is 4.12. The van der Waals surface area contributed by atoms with E-state index in [4.69, 9.17) is 5.73 Å². The van der Waals surface area contributed by atoms with Crippen LogP contribution in [-0.4, -0.2) is 22.4 Å². The van der Waals surface area contributed by atoms with E-state index in [1.54, 1.807) is 0 Å². The number of nitrogen functional groups attached to an aromatic ring is 1. The zero-order valence-corrected chi connectivity index (χ0v) is 8.27. The summed E-state index contributed by atoms with van der Waals surface area (Å²) < 4.78 is 3.93. The van der Waals surface area contributed by atoms with Gasteiger partial charge in [0, 0.05) is 24.6 Å². The van der Waals surface area contributed by atoms with Crippen LogP contribution >= 0.6 is 11.5 Å². The Balaban J connectivity index is 2.66. The quantitative estimate of drug-likeness (QED) is 0.771. The second kappa shape index (κ2) is 4.25. The second-order valence-corrected chi connectivity index (χ2v) is 3.25. The van der Waals surface area contributed by atoms with E-state index in [9.17, 15) is 0 Å². The molecule has 0 fully saturated rings. The molecule has 68 valence electrons. The van der Waals surface area contributed by atoms with Gasteiger partial charge in [-0.2, -0.15) is 9.36 Å². The first-order chi connectivity index (χ1) is 5.77. The van der Waals surface area contributed by atoms with Crippen molar-refractivity contribution < 1.29 is 0 Å². The highest BCUT2D eigenvalue weighted by atomic mass is 32.1. The zero-order chi connectivity index (χ0) is 8.97. The minimum Gasteiger partial charge on any atom is -0.367 e. The number of hydrogen-bond acceptors (Lipinski definition) is 5. The molecule has 1 heterocycles. The van der Waals surface area contributed by atoms with Crippen LogP contribution in [0.25, 0.3) is 0 Å². The molecule has 1 aromatic rings. The van der Waals surface area contributed by atoms with Gasteiger partial charge in [0.1, 0.15) is 0 Å².